The molecule has 2 aromatic carbocycles. The normalized spacial score (nSPS) is 11.2. The van der Waals surface area contributed by atoms with E-state index in [0.29, 0.717) is 29.1 Å². The maximum Gasteiger partial charge on any atom is 0.405 e. The molecular formula is C21H21F3N6O2. The van der Waals surface area contributed by atoms with E-state index in [0.717, 1.165) is 5.56 Å². The van der Waals surface area contributed by atoms with Gasteiger partial charge >= 0.3 is 12.2 Å². The zero-order chi connectivity index (χ0) is 23.1. The van der Waals surface area contributed by atoms with Gasteiger partial charge in [-0.15, -0.1) is 0 Å². The van der Waals surface area contributed by atoms with Crippen molar-refractivity contribution in [3.63, 3.8) is 0 Å². The lowest BCUT2D eigenvalue weighted by molar-refractivity contribution is -0.122. The van der Waals surface area contributed by atoms with Gasteiger partial charge in [0.25, 0.3) is 0 Å². The molecule has 3 rings (SSSR count). The van der Waals surface area contributed by atoms with Crippen LogP contribution in [-0.2, 0) is 18.0 Å². The molecule has 0 aliphatic heterocycles. The minimum atomic E-state index is -4.49. The lowest BCUT2D eigenvalue weighted by Crippen LogP contribution is -2.36. The molecule has 0 saturated carbocycles. The third-order valence-corrected chi connectivity index (χ3v) is 4.26. The molecule has 0 spiro atoms. The van der Waals surface area contributed by atoms with Crippen LogP contribution in [0.3, 0.4) is 0 Å². The van der Waals surface area contributed by atoms with Gasteiger partial charge in [-0.1, -0.05) is 42.5 Å². The molecule has 1 aromatic heterocycles. The number of hydrogen-bond donors (Lipinski definition) is 4. The van der Waals surface area contributed by atoms with E-state index >= 15 is 0 Å². The molecular weight excluding hydrogens is 425 g/mol. The van der Waals surface area contributed by atoms with Gasteiger partial charge in [0.2, 0.25) is 5.95 Å². The summed E-state index contributed by atoms with van der Waals surface area (Å²) in [6, 6.07) is 14.9. The summed E-state index contributed by atoms with van der Waals surface area (Å²) in [4.78, 5) is 19.8. The predicted molar refractivity (Wildman–Crippen MR) is 114 cm³/mol. The monoisotopic (exact) mass is 446 g/mol. The van der Waals surface area contributed by atoms with E-state index in [1.54, 1.807) is 17.4 Å². The number of benzene rings is 2. The van der Waals surface area contributed by atoms with Crippen LogP contribution in [0.15, 0.2) is 54.6 Å². The van der Waals surface area contributed by atoms with E-state index in [1.807, 2.05) is 30.3 Å². The maximum absolute atomic E-state index is 12.2. The zero-order valence-corrected chi connectivity index (χ0v) is 16.8. The van der Waals surface area contributed by atoms with Gasteiger partial charge in [-0.3, -0.25) is 0 Å². The summed E-state index contributed by atoms with van der Waals surface area (Å²) in [5, 5.41) is 4.06. The van der Waals surface area contributed by atoms with Crippen molar-refractivity contribution in [1.82, 2.24) is 15.3 Å². The second-order valence-corrected chi connectivity index (χ2v) is 6.77. The number of ether oxygens (including phenoxy) is 1. The fourth-order valence-electron chi connectivity index (χ4n) is 2.88. The van der Waals surface area contributed by atoms with Gasteiger partial charge in [-0.25, -0.2) is 9.78 Å². The number of nitrogens with one attached hydrogen (secondary N) is 2. The number of halogens is 3. The number of carbonyl (C=O) groups is 1. The fourth-order valence-corrected chi connectivity index (χ4v) is 2.88. The number of anilines is 3. The molecule has 0 fully saturated rings. The summed E-state index contributed by atoms with van der Waals surface area (Å²) in [6.45, 7) is -0.941. The first-order valence-electron chi connectivity index (χ1n) is 9.47. The van der Waals surface area contributed by atoms with Gasteiger partial charge in [0.15, 0.2) is 0 Å². The molecule has 1 heterocycles. The van der Waals surface area contributed by atoms with Crippen LogP contribution < -0.4 is 22.1 Å². The number of carbonyl (C=O) groups excluding carboxylic acids is 1. The van der Waals surface area contributed by atoms with Crippen LogP contribution >= 0.6 is 0 Å². The van der Waals surface area contributed by atoms with Gasteiger partial charge in [0.1, 0.15) is 12.4 Å². The summed E-state index contributed by atoms with van der Waals surface area (Å²) in [5.74, 6) is 0.156. The second-order valence-electron chi connectivity index (χ2n) is 6.77. The largest absolute Gasteiger partial charge is 0.405 e. The Morgan fingerprint density at radius 2 is 1.66 bits per heavy atom. The Hall–Kier alpha value is -3.86. The molecule has 0 atom stereocenters. The Kier molecular flexibility index (Phi) is 7.11. The number of nitrogens with two attached hydrogens (primary N) is 2. The van der Waals surface area contributed by atoms with Crippen LogP contribution in [0.2, 0.25) is 0 Å². The van der Waals surface area contributed by atoms with Crippen molar-refractivity contribution in [1.29, 1.82) is 0 Å². The molecule has 0 unspecified atom stereocenters. The van der Waals surface area contributed by atoms with Crippen LogP contribution in [0.4, 0.5) is 35.4 Å². The minimum Gasteiger partial charge on any atom is -0.383 e. The van der Waals surface area contributed by atoms with Gasteiger partial charge < -0.3 is 26.8 Å². The van der Waals surface area contributed by atoms with E-state index < -0.39 is 18.8 Å². The first-order chi connectivity index (χ1) is 15.2. The van der Waals surface area contributed by atoms with Crippen molar-refractivity contribution in [3.8, 4) is 11.1 Å². The molecule has 6 N–H and O–H groups in total. The summed E-state index contributed by atoms with van der Waals surface area (Å²) >= 11 is 0. The smallest absolute Gasteiger partial charge is 0.383 e. The van der Waals surface area contributed by atoms with Gasteiger partial charge in [-0.05, 0) is 23.3 Å². The third kappa shape index (κ3) is 6.57. The number of urea groups is 1. The number of aromatic nitrogens is 2. The van der Waals surface area contributed by atoms with Crippen LogP contribution in [0.25, 0.3) is 11.1 Å². The van der Waals surface area contributed by atoms with Crippen molar-refractivity contribution in [2.24, 2.45) is 0 Å². The van der Waals surface area contributed by atoms with E-state index in [4.69, 9.17) is 16.2 Å². The van der Waals surface area contributed by atoms with Crippen LogP contribution in [-0.4, -0.2) is 28.7 Å². The number of hydrogen-bond acceptors (Lipinski definition) is 6. The number of amides is 2. The molecule has 0 saturated heterocycles. The highest BCUT2D eigenvalue weighted by molar-refractivity contribution is 5.89. The average Bonchev–Trinajstić information content (AvgIpc) is 2.73. The SMILES string of the molecule is Nc1nc(N)c(-c2ccc(NC(=O)NCC(F)(F)F)cc2)c(COCc2ccccc2)n1. The number of alkyl halides is 3. The van der Waals surface area contributed by atoms with Gasteiger partial charge in [-0.2, -0.15) is 18.2 Å². The predicted octanol–water partition coefficient (Wildman–Crippen LogP) is 3.71. The van der Waals surface area contributed by atoms with E-state index in [9.17, 15) is 18.0 Å². The van der Waals surface area contributed by atoms with Crippen LogP contribution in [0.1, 0.15) is 11.3 Å². The Morgan fingerprint density at radius 1 is 0.969 bits per heavy atom. The molecule has 0 bridgehead atoms. The number of nitrogen functional groups attached to an aromatic ring is 2. The Morgan fingerprint density at radius 3 is 2.31 bits per heavy atom. The maximum atomic E-state index is 12.2. The topological polar surface area (TPSA) is 128 Å². The summed E-state index contributed by atoms with van der Waals surface area (Å²) in [7, 11) is 0. The van der Waals surface area contributed by atoms with E-state index in [1.165, 1.54) is 12.1 Å². The summed E-state index contributed by atoms with van der Waals surface area (Å²) in [6.07, 6.45) is -4.49. The van der Waals surface area contributed by atoms with Crippen molar-refractivity contribution in [2.45, 2.75) is 19.4 Å². The molecule has 0 aliphatic carbocycles. The second kappa shape index (κ2) is 9.96. The first kappa shape index (κ1) is 22.8. The van der Waals surface area contributed by atoms with Gasteiger partial charge in [0, 0.05) is 11.3 Å². The van der Waals surface area contributed by atoms with Gasteiger partial charge in [0.05, 0.1) is 18.9 Å². The highest BCUT2D eigenvalue weighted by Crippen LogP contribution is 2.30. The molecule has 0 aliphatic rings. The average molecular weight is 446 g/mol. The standard InChI is InChI=1S/C21H21F3N6O2/c22-21(23,24)12-27-20(31)28-15-8-6-14(7-9-15)17-16(29-19(26)30-18(17)25)11-32-10-13-4-2-1-3-5-13/h1-9H,10-12H2,(H2,27,28,31)(H4,25,26,29,30). The molecule has 11 heteroatoms. The lowest BCUT2D eigenvalue weighted by atomic mass is 10.0. The lowest BCUT2D eigenvalue weighted by Gasteiger charge is -2.14. The summed E-state index contributed by atoms with van der Waals surface area (Å²) < 4.78 is 42.3. The number of rotatable bonds is 7. The van der Waals surface area contributed by atoms with Crippen molar-refractivity contribution >= 4 is 23.5 Å². The molecule has 32 heavy (non-hydrogen) atoms. The molecule has 168 valence electrons. The Bertz CT molecular complexity index is 1060. The molecule has 8 nitrogen and oxygen atoms in total. The highest BCUT2D eigenvalue weighted by Gasteiger charge is 2.27. The highest BCUT2D eigenvalue weighted by atomic mass is 19.4. The molecule has 0 radical (unpaired) electrons. The first-order valence-corrected chi connectivity index (χ1v) is 9.47. The Balaban J connectivity index is 1.71. The quantitative estimate of drug-likeness (QED) is 0.438. The number of nitrogens with zero attached hydrogens (tertiary/aromatic N) is 2. The van der Waals surface area contributed by atoms with Crippen LogP contribution in [0, 0.1) is 0 Å². The molecule has 3 aromatic rings. The van der Waals surface area contributed by atoms with Crippen molar-refractivity contribution in [3.05, 3.63) is 65.9 Å². The Labute approximate surface area is 181 Å². The van der Waals surface area contributed by atoms with Crippen molar-refractivity contribution in [2.75, 3.05) is 23.3 Å². The summed E-state index contributed by atoms with van der Waals surface area (Å²) in [5.41, 5.74) is 14.7. The third-order valence-electron chi connectivity index (χ3n) is 4.26. The van der Waals surface area contributed by atoms with Crippen LogP contribution in [0.5, 0.6) is 0 Å². The minimum absolute atomic E-state index is 0.00387. The zero-order valence-electron chi connectivity index (χ0n) is 16.8. The van der Waals surface area contributed by atoms with E-state index in [2.05, 4.69) is 15.3 Å². The molecule has 2 amide bonds. The van der Waals surface area contributed by atoms with E-state index in [-0.39, 0.29) is 18.4 Å². The van der Waals surface area contributed by atoms with Crippen molar-refractivity contribution < 1.29 is 22.7 Å². The fraction of sp³-hybridized carbons (Fsp3) is 0.190.